The molecule has 3 nitrogen and oxygen atoms in total. The van der Waals surface area contributed by atoms with Crippen LogP contribution in [0.3, 0.4) is 0 Å². The zero-order valence-electron chi connectivity index (χ0n) is 12.5. The van der Waals surface area contributed by atoms with Gasteiger partial charge in [-0.2, -0.15) is 0 Å². The van der Waals surface area contributed by atoms with E-state index in [0.29, 0.717) is 12.3 Å². The lowest BCUT2D eigenvalue weighted by Crippen LogP contribution is -2.55. The molecule has 0 bridgehead atoms. The molecule has 2 rings (SSSR count). The first-order valence-corrected chi connectivity index (χ1v) is 7.69. The van der Waals surface area contributed by atoms with E-state index in [1.165, 1.54) is 12.8 Å². The molecule has 3 atom stereocenters. The van der Waals surface area contributed by atoms with Gasteiger partial charge in [0.05, 0.1) is 11.6 Å². The standard InChI is InChI=1S/C16H27NO2/c1-4-5-7-12(2)10-13-11-16(3,19)14-8-6-9-17(14)15(13)18/h10,12,14,19H,4-9,11H2,1-3H3/b13-10-/t12-,14+,16+/m1/s1. The van der Waals surface area contributed by atoms with Gasteiger partial charge in [-0.3, -0.25) is 4.79 Å². The summed E-state index contributed by atoms with van der Waals surface area (Å²) in [7, 11) is 0. The third-order valence-electron chi connectivity index (χ3n) is 4.55. The van der Waals surface area contributed by atoms with Crippen LogP contribution in [0.15, 0.2) is 11.6 Å². The molecule has 108 valence electrons. The first-order chi connectivity index (χ1) is 8.95. The number of piperidine rings is 1. The number of carbonyl (C=O) groups is 1. The van der Waals surface area contributed by atoms with Crippen molar-refractivity contribution in [3.63, 3.8) is 0 Å². The van der Waals surface area contributed by atoms with E-state index < -0.39 is 5.60 Å². The number of aliphatic hydroxyl groups is 1. The van der Waals surface area contributed by atoms with Gasteiger partial charge in [0.2, 0.25) is 5.91 Å². The van der Waals surface area contributed by atoms with Gasteiger partial charge in [-0.15, -0.1) is 0 Å². The van der Waals surface area contributed by atoms with Gasteiger partial charge in [-0.1, -0.05) is 32.8 Å². The summed E-state index contributed by atoms with van der Waals surface area (Å²) in [6.07, 6.45) is 8.08. The number of amides is 1. The fourth-order valence-corrected chi connectivity index (χ4v) is 3.50. The average Bonchev–Trinajstić information content (AvgIpc) is 2.83. The van der Waals surface area contributed by atoms with Crippen molar-refractivity contribution in [2.75, 3.05) is 6.54 Å². The van der Waals surface area contributed by atoms with Crippen LogP contribution in [0.4, 0.5) is 0 Å². The van der Waals surface area contributed by atoms with Crippen LogP contribution in [0.1, 0.15) is 59.3 Å². The average molecular weight is 265 g/mol. The monoisotopic (exact) mass is 265 g/mol. The summed E-state index contributed by atoms with van der Waals surface area (Å²) in [5, 5.41) is 10.6. The number of allylic oxidation sites excluding steroid dienone is 1. The second-order valence-corrected chi connectivity index (χ2v) is 6.50. The molecular formula is C16H27NO2. The van der Waals surface area contributed by atoms with E-state index in [0.717, 1.165) is 31.4 Å². The highest BCUT2D eigenvalue weighted by molar-refractivity contribution is 5.95. The van der Waals surface area contributed by atoms with E-state index in [2.05, 4.69) is 19.9 Å². The van der Waals surface area contributed by atoms with Gasteiger partial charge >= 0.3 is 0 Å². The van der Waals surface area contributed by atoms with Crippen molar-refractivity contribution in [2.24, 2.45) is 5.92 Å². The van der Waals surface area contributed by atoms with Gasteiger partial charge in [-0.05, 0) is 32.1 Å². The summed E-state index contributed by atoms with van der Waals surface area (Å²) in [5.41, 5.74) is 0.0764. The van der Waals surface area contributed by atoms with Gasteiger partial charge in [-0.25, -0.2) is 0 Å². The minimum atomic E-state index is -0.749. The number of unbranched alkanes of at least 4 members (excludes halogenated alkanes) is 1. The molecule has 0 aromatic carbocycles. The lowest BCUT2D eigenvalue weighted by Gasteiger charge is -2.42. The summed E-state index contributed by atoms with van der Waals surface area (Å²) in [6, 6.07) is 0.0306. The molecule has 2 aliphatic heterocycles. The Labute approximate surface area is 116 Å². The number of hydrogen-bond acceptors (Lipinski definition) is 2. The summed E-state index contributed by atoms with van der Waals surface area (Å²) in [5.74, 6) is 0.589. The molecule has 3 heteroatoms. The van der Waals surface area contributed by atoms with Gasteiger partial charge in [0.15, 0.2) is 0 Å². The maximum atomic E-state index is 12.5. The molecule has 0 spiro atoms. The lowest BCUT2D eigenvalue weighted by atomic mass is 9.82. The Hall–Kier alpha value is -0.830. The van der Waals surface area contributed by atoms with Gasteiger partial charge in [0.1, 0.15) is 0 Å². The molecule has 0 aromatic heterocycles. The fraction of sp³-hybridized carbons (Fsp3) is 0.812. The van der Waals surface area contributed by atoms with Crippen LogP contribution in [-0.4, -0.2) is 34.1 Å². The van der Waals surface area contributed by atoms with Gasteiger partial charge in [0.25, 0.3) is 0 Å². The van der Waals surface area contributed by atoms with Crippen LogP contribution in [-0.2, 0) is 4.79 Å². The number of carbonyl (C=O) groups excluding carboxylic acids is 1. The second kappa shape index (κ2) is 5.66. The fourth-order valence-electron chi connectivity index (χ4n) is 3.50. The number of nitrogens with zero attached hydrogens (tertiary/aromatic N) is 1. The molecule has 1 amide bonds. The second-order valence-electron chi connectivity index (χ2n) is 6.50. The van der Waals surface area contributed by atoms with Crippen molar-refractivity contribution < 1.29 is 9.90 Å². The molecule has 0 saturated carbocycles. The Balaban J connectivity index is 2.13. The molecule has 2 heterocycles. The predicted molar refractivity (Wildman–Crippen MR) is 76.7 cm³/mol. The van der Waals surface area contributed by atoms with Crippen LogP contribution in [0.2, 0.25) is 0 Å². The summed E-state index contributed by atoms with van der Waals surface area (Å²) >= 11 is 0. The quantitative estimate of drug-likeness (QED) is 0.794. The van der Waals surface area contributed by atoms with E-state index >= 15 is 0 Å². The largest absolute Gasteiger partial charge is 0.388 e. The molecule has 0 unspecified atom stereocenters. The minimum absolute atomic E-state index is 0.0306. The van der Waals surface area contributed by atoms with Crippen LogP contribution in [0.25, 0.3) is 0 Å². The molecule has 2 saturated heterocycles. The van der Waals surface area contributed by atoms with E-state index in [4.69, 9.17) is 0 Å². The first kappa shape index (κ1) is 14.6. The van der Waals surface area contributed by atoms with Crippen molar-refractivity contribution >= 4 is 5.91 Å². The number of hydrogen-bond donors (Lipinski definition) is 1. The number of fused-ring (bicyclic) bond motifs is 1. The van der Waals surface area contributed by atoms with Crippen LogP contribution < -0.4 is 0 Å². The smallest absolute Gasteiger partial charge is 0.249 e. The molecule has 0 aromatic rings. The normalized spacial score (nSPS) is 34.7. The van der Waals surface area contributed by atoms with Crippen molar-refractivity contribution in [3.8, 4) is 0 Å². The van der Waals surface area contributed by atoms with Crippen molar-refractivity contribution in [2.45, 2.75) is 70.9 Å². The first-order valence-electron chi connectivity index (χ1n) is 7.69. The van der Waals surface area contributed by atoms with E-state index in [-0.39, 0.29) is 11.9 Å². The van der Waals surface area contributed by atoms with Crippen molar-refractivity contribution in [1.29, 1.82) is 0 Å². The molecule has 2 aliphatic rings. The Kier molecular flexibility index (Phi) is 4.34. The van der Waals surface area contributed by atoms with Crippen molar-refractivity contribution in [3.05, 3.63) is 11.6 Å². The van der Waals surface area contributed by atoms with Gasteiger partial charge < -0.3 is 10.0 Å². The molecular weight excluding hydrogens is 238 g/mol. The van der Waals surface area contributed by atoms with Crippen LogP contribution in [0.5, 0.6) is 0 Å². The summed E-state index contributed by atoms with van der Waals surface area (Å²) in [6.45, 7) is 7.04. The minimum Gasteiger partial charge on any atom is -0.388 e. The highest BCUT2D eigenvalue weighted by Crippen LogP contribution is 2.38. The summed E-state index contributed by atoms with van der Waals surface area (Å²) < 4.78 is 0. The van der Waals surface area contributed by atoms with E-state index in [9.17, 15) is 9.90 Å². The third-order valence-corrected chi connectivity index (χ3v) is 4.55. The lowest BCUT2D eigenvalue weighted by molar-refractivity contribution is -0.139. The molecule has 2 fully saturated rings. The topological polar surface area (TPSA) is 40.5 Å². The van der Waals surface area contributed by atoms with Crippen molar-refractivity contribution in [1.82, 2.24) is 4.90 Å². The molecule has 0 radical (unpaired) electrons. The Morgan fingerprint density at radius 3 is 3.00 bits per heavy atom. The zero-order valence-corrected chi connectivity index (χ0v) is 12.5. The maximum absolute atomic E-state index is 12.5. The Bertz CT molecular complexity index is 373. The zero-order chi connectivity index (χ0) is 14.0. The van der Waals surface area contributed by atoms with Crippen LogP contribution in [0, 0.1) is 5.92 Å². The summed E-state index contributed by atoms with van der Waals surface area (Å²) in [4.78, 5) is 14.3. The Morgan fingerprint density at radius 2 is 2.32 bits per heavy atom. The van der Waals surface area contributed by atoms with E-state index in [1.807, 2.05) is 11.8 Å². The van der Waals surface area contributed by atoms with E-state index in [1.54, 1.807) is 0 Å². The molecule has 1 N–H and O–H groups in total. The highest BCUT2D eigenvalue weighted by atomic mass is 16.3. The van der Waals surface area contributed by atoms with Crippen LogP contribution >= 0.6 is 0 Å². The predicted octanol–water partition coefficient (Wildman–Crippen LogP) is 2.88. The highest BCUT2D eigenvalue weighted by Gasteiger charge is 2.47. The SMILES string of the molecule is CCCC[C@@H](C)/C=C1/C[C@](C)(O)[C@@H]2CCCN2C1=O. The molecule has 0 aliphatic carbocycles. The Morgan fingerprint density at radius 1 is 1.58 bits per heavy atom. The number of rotatable bonds is 4. The molecule has 19 heavy (non-hydrogen) atoms. The maximum Gasteiger partial charge on any atom is 0.249 e. The third kappa shape index (κ3) is 3.02. The van der Waals surface area contributed by atoms with Gasteiger partial charge in [0, 0.05) is 18.5 Å².